The Kier molecular flexibility index (Phi) is 6.61. The Morgan fingerprint density at radius 3 is 1.84 bits per heavy atom. The van der Waals surface area contributed by atoms with Gasteiger partial charge in [-0.3, -0.25) is 0 Å². The summed E-state index contributed by atoms with van der Waals surface area (Å²) in [7, 11) is 0. The predicted molar refractivity (Wildman–Crippen MR) is 79.7 cm³/mol. The molecule has 0 nitrogen and oxygen atoms in total. The van der Waals surface area contributed by atoms with Crippen molar-refractivity contribution in [3.63, 3.8) is 0 Å². The molecule has 0 saturated carbocycles. The molecule has 2 aliphatic carbocycles. The second-order valence-corrected chi connectivity index (χ2v) is 8.43. The molecule has 0 fully saturated rings. The molecule has 0 atom stereocenters. The van der Waals surface area contributed by atoms with Crippen LogP contribution in [-0.4, -0.2) is 0 Å². The van der Waals surface area contributed by atoms with Crippen LogP contribution >= 0.6 is 11.6 Å². The normalized spacial score (nSPS) is 15.6. The summed E-state index contributed by atoms with van der Waals surface area (Å²) in [4.78, 5) is 0. The van der Waals surface area contributed by atoms with Crippen LogP contribution in [0.2, 0.25) is 0 Å². The number of alkyl halides is 1. The second-order valence-electron chi connectivity index (χ2n) is 4.39. The molecule has 1 aromatic carbocycles. The van der Waals surface area contributed by atoms with Gasteiger partial charge in [0.15, 0.2) is 0 Å². The van der Waals surface area contributed by atoms with Gasteiger partial charge in [0.2, 0.25) is 0 Å². The van der Waals surface area contributed by atoms with Crippen molar-refractivity contribution in [2.75, 3.05) is 0 Å². The van der Waals surface area contributed by atoms with E-state index in [2.05, 4.69) is 36.5 Å². The minimum atomic E-state index is -0.312. The molecule has 3 rings (SSSR count). The first-order chi connectivity index (χ1) is 9.38. The maximum atomic E-state index is 5.53. The summed E-state index contributed by atoms with van der Waals surface area (Å²) in [5.41, 5.74) is 1.18. The fourth-order valence-corrected chi connectivity index (χ4v) is 5.01. The first-order valence-electron chi connectivity index (χ1n) is 6.47. The quantitative estimate of drug-likeness (QED) is 0.661. The molecule has 0 amide bonds. The van der Waals surface area contributed by atoms with Gasteiger partial charge in [-0.2, -0.15) is 0 Å². The minimum Gasteiger partial charge on any atom is -0.122 e. The van der Waals surface area contributed by atoms with Crippen LogP contribution in [-0.2, 0) is 29.1 Å². The molecule has 0 saturated heterocycles. The van der Waals surface area contributed by atoms with Gasteiger partial charge in [-0.25, -0.2) is 0 Å². The zero-order valence-corrected chi connectivity index (χ0v) is 14.1. The van der Waals surface area contributed by atoms with E-state index >= 15 is 0 Å². The van der Waals surface area contributed by atoms with E-state index in [1.165, 1.54) is 18.4 Å². The van der Waals surface area contributed by atoms with E-state index in [4.69, 9.17) is 11.6 Å². The third-order valence-corrected chi connectivity index (χ3v) is 6.57. The van der Waals surface area contributed by atoms with E-state index in [1.807, 2.05) is 30.3 Å². The SMILES string of the molecule is C1=CC[C]([Zr][C]2=CC=CC2)=C1.ClCc1ccccc1. The van der Waals surface area contributed by atoms with Crippen LogP contribution in [0.25, 0.3) is 0 Å². The molecule has 0 unspecified atom stereocenters. The maximum Gasteiger partial charge on any atom is 0.0474 e. The second kappa shape index (κ2) is 8.51. The molecule has 2 heteroatoms. The van der Waals surface area contributed by atoms with Crippen molar-refractivity contribution in [1.82, 2.24) is 0 Å². The molecule has 0 bridgehead atoms. The fraction of sp³-hybridized carbons (Fsp3) is 0.176. The summed E-state index contributed by atoms with van der Waals surface area (Å²) in [6.45, 7) is 0. The fourth-order valence-electron chi connectivity index (χ4n) is 1.85. The van der Waals surface area contributed by atoms with Gasteiger partial charge in [-0.1, -0.05) is 30.3 Å². The number of hydrogen-bond acceptors (Lipinski definition) is 0. The molecule has 0 aromatic heterocycles. The number of halogens is 1. The van der Waals surface area contributed by atoms with Gasteiger partial charge >= 0.3 is 79.1 Å². The molecule has 0 radical (unpaired) electrons. The zero-order valence-electron chi connectivity index (χ0n) is 10.9. The Balaban J connectivity index is 0.000000148. The van der Waals surface area contributed by atoms with E-state index in [0.717, 1.165) is 0 Å². The number of allylic oxidation sites excluding steroid dienone is 8. The van der Waals surface area contributed by atoms with Crippen molar-refractivity contribution in [1.29, 1.82) is 0 Å². The molecular formula is C17H17ClZr. The summed E-state index contributed by atoms with van der Waals surface area (Å²) in [5, 5.41) is 0. The van der Waals surface area contributed by atoms with Gasteiger partial charge in [-0.15, -0.1) is 11.6 Å². The minimum absolute atomic E-state index is 0.312. The van der Waals surface area contributed by atoms with E-state index < -0.39 is 0 Å². The van der Waals surface area contributed by atoms with Crippen molar-refractivity contribution in [3.05, 3.63) is 78.9 Å². The third-order valence-electron chi connectivity index (χ3n) is 2.86. The van der Waals surface area contributed by atoms with Gasteiger partial charge in [-0.05, 0) is 5.56 Å². The molecule has 96 valence electrons. The Labute approximate surface area is 132 Å². The molecule has 1 aromatic rings. The summed E-state index contributed by atoms with van der Waals surface area (Å²) >= 11 is 5.22. The molecule has 0 spiro atoms. The van der Waals surface area contributed by atoms with Gasteiger partial charge < -0.3 is 0 Å². The zero-order chi connectivity index (χ0) is 13.3. The number of benzene rings is 1. The van der Waals surface area contributed by atoms with Crippen molar-refractivity contribution in [3.8, 4) is 0 Å². The summed E-state index contributed by atoms with van der Waals surface area (Å²) in [6, 6.07) is 9.96. The van der Waals surface area contributed by atoms with Crippen molar-refractivity contribution < 1.29 is 23.2 Å². The Bertz CT molecular complexity index is 481. The monoisotopic (exact) mass is 346 g/mol. The average Bonchev–Trinajstić information content (AvgIpc) is 3.15. The van der Waals surface area contributed by atoms with Crippen molar-refractivity contribution in [2.45, 2.75) is 18.7 Å². The molecule has 0 N–H and O–H groups in total. The van der Waals surface area contributed by atoms with Gasteiger partial charge in [0.05, 0.1) is 0 Å². The maximum absolute atomic E-state index is 5.53. The summed E-state index contributed by atoms with van der Waals surface area (Å²) in [6.07, 6.45) is 16.0. The van der Waals surface area contributed by atoms with Crippen LogP contribution in [0.4, 0.5) is 0 Å². The van der Waals surface area contributed by atoms with Crippen molar-refractivity contribution in [2.24, 2.45) is 0 Å². The van der Waals surface area contributed by atoms with Crippen LogP contribution in [0.5, 0.6) is 0 Å². The first-order valence-corrected chi connectivity index (χ1v) is 9.46. The average molecular weight is 348 g/mol. The van der Waals surface area contributed by atoms with Crippen LogP contribution in [0.1, 0.15) is 18.4 Å². The van der Waals surface area contributed by atoms with E-state index in [-0.39, 0.29) is 23.2 Å². The molecular weight excluding hydrogens is 331 g/mol. The number of hydrogen-bond donors (Lipinski definition) is 0. The van der Waals surface area contributed by atoms with Crippen LogP contribution in [0.15, 0.2) is 73.3 Å². The van der Waals surface area contributed by atoms with E-state index in [9.17, 15) is 0 Å². The molecule has 0 heterocycles. The van der Waals surface area contributed by atoms with Crippen LogP contribution in [0, 0.1) is 0 Å². The third kappa shape index (κ3) is 5.47. The summed E-state index contributed by atoms with van der Waals surface area (Å²) < 4.78 is 3.45. The first kappa shape index (κ1) is 14.8. The van der Waals surface area contributed by atoms with E-state index in [1.54, 1.807) is 6.56 Å². The Hall–Kier alpha value is -0.647. The largest absolute Gasteiger partial charge is 0.122 e. The van der Waals surface area contributed by atoms with Gasteiger partial charge in [0.25, 0.3) is 0 Å². The summed E-state index contributed by atoms with van der Waals surface area (Å²) in [5.74, 6) is 0.612. The van der Waals surface area contributed by atoms with Crippen LogP contribution < -0.4 is 0 Å². The number of rotatable bonds is 3. The molecule has 19 heavy (non-hydrogen) atoms. The van der Waals surface area contributed by atoms with E-state index in [0.29, 0.717) is 5.88 Å². The smallest absolute Gasteiger partial charge is 0.0474 e. The van der Waals surface area contributed by atoms with Gasteiger partial charge in [0, 0.05) is 5.88 Å². The van der Waals surface area contributed by atoms with Crippen LogP contribution in [0.3, 0.4) is 0 Å². The predicted octanol–water partition coefficient (Wildman–Crippen LogP) is 5.18. The Morgan fingerprint density at radius 1 is 0.895 bits per heavy atom. The standard InChI is InChI=1S/C7H7Cl.2C5H5.Zr/c8-6-7-4-2-1-3-5-7;2*1-2-4-5-3-1;/h1-5H,6H2;2*1-3H,4H2;. The van der Waals surface area contributed by atoms with Crippen molar-refractivity contribution >= 4 is 11.6 Å². The molecule has 0 aliphatic heterocycles. The topological polar surface area (TPSA) is 0 Å². The molecule has 2 aliphatic rings. The van der Waals surface area contributed by atoms with Gasteiger partial charge in [0.1, 0.15) is 0 Å². The Morgan fingerprint density at radius 2 is 1.47 bits per heavy atom.